The van der Waals surface area contributed by atoms with E-state index in [2.05, 4.69) is 5.32 Å². The molecule has 0 aliphatic carbocycles. The Morgan fingerprint density at radius 3 is 2.21 bits per heavy atom. The minimum atomic E-state index is -3.74. The molecule has 5 nitrogen and oxygen atoms in total. The van der Waals surface area contributed by atoms with E-state index in [-0.39, 0.29) is 16.8 Å². The van der Waals surface area contributed by atoms with Gasteiger partial charge >= 0.3 is 0 Å². The van der Waals surface area contributed by atoms with Crippen molar-refractivity contribution >= 4 is 21.6 Å². The number of sulfonamides is 1. The van der Waals surface area contributed by atoms with Crippen molar-refractivity contribution in [3.8, 4) is 0 Å². The Morgan fingerprint density at radius 2 is 1.62 bits per heavy atom. The second-order valence-electron chi connectivity index (χ2n) is 5.93. The lowest BCUT2D eigenvalue weighted by atomic mass is 10.1. The highest BCUT2D eigenvalue weighted by molar-refractivity contribution is 7.92. The van der Waals surface area contributed by atoms with Crippen LogP contribution in [-0.4, -0.2) is 27.4 Å². The van der Waals surface area contributed by atoms with Gasteiger partial charge in [-0.2, -0.15) is 0 Å². The standard InChI is InChI=1S/C18H22N2O3S/c1-13(2)19-18(21)16-7-5-6-8-17(16)20(4)24(22,23)15-11-9-14(3)10-12-15/h5-13H,1-4H3,(H,19,21). The molecule has 0 unspecified atom stereocenters. The first kappa shape index (κ1) is 18.0. The first-order valence-electron chi connectivity index (χ1n) is 7.69. The third-order valence-electron chi connectivity index (χ3n) is 3.59. The van der Waals surface area contributed by atoms with Crippen molar-refractivity contribution < 1.29 is 13.2 Å². The van der Waals surface area contributed by atoms with Gasteiger partial charge in [0.25, 0.3) is 15.9 Å². The van der Waals surface area contributed by atoms with Gasteiger partial charge < -0.3 is 5.32 Å². The van der Waals surface area contributed by atoms with Crippen LogP contribution in [0.15, 0.2) is 53.4 Å². The lowest BCUT2D eigenvalue weighted by Crippen LogP contribution is -2.33. The molecule has 1 amide bonds. The molecule has 2 aromatic carbocycles. The number of amides is 1. The molecule has 6 heteroatoms. The number of rotatable bonds is 5. The number of hydrogen-bond acceptors (Lipinski definition) is 3. The molecule has 0 atom stereocenters. The van der Waals surface area contributed by atoms with Gasteiger partial charge in [-0.15, -0.1) is 0 Å². The second kappa shape index (κ2) is 7.05. The van der Waals surface area contributed by atoms with Crippen molar-refractivity contribution in [2.24, 2.45) is 0 Å². The van der Waals surface area contributed by atoms with Gasteiger partial charge in [-0.1, -0.05) is 29.8 Å². The topological polar surface area (TPSA) is 66.5 Å². The summed E-state index contributed by atoms with van der Waals surface area (Å²) >= 11 is 0. The lowest BCUT2D eigenvalue weighted by Gasteiger charge is -2.22. The van der Waals surface area contributed by atoms with Gasteiger partial charge in [0.2, 0.25) is 0 Å². The molecule has 0 saturated carbocycles. The van der Waals surface area contributed by atoms with E-state index in [1.807, 2.05) is 20.8 Å². The normalized spacial score (nSPS) is 11.4. The highest BCUT2D eigenvalue weighted by atomic mass is 32.2. The molecule has 0 aliphatic rings. The number of aryl methyl sites for hydroxylation is 1. The van der Waals surface area contributed by atoms with Gasteiger partial charge in [-0.3, -0.25) is 9.10 Å². The molecule has 0 aromatic heterocycles. The number of nitrogens with one attached hydrogen (secondary N) is 1. The molecule has 2 aromatic rings. The Bertz CT molecular complexity index is 828. The Hall–Kier alpha value is -2.34. The van der Waals surface area contributed by atoms with Gasteiger partial charge in [0.15, 0.2) is 0 Å². The van der Waals surface area contributed by atoms with Crippen LogP contribution >= 0.6 is 0 Å². The average molecular weight is 346 g/mol. The maximum Gasteiger partial charge on any atom is 0.264 e. The van der Waals surface area contributed by atoms with Crippen LogP contribution in [0.25, 0.3) is 0 Å². The molecule has 0 spiro atoms. The maximum atomic E-state index is 12.8. The number of anilines is 1. The van der Waals surface area contributed by atoms with Gasteiger partial charge in [0, 0.05) is 13.1 Å². The summed E-state index contributed by atoms with van der Waals surface area (Å²) in [5, 5.41) is 2.79. The minimum Gasteiger partial charge on any atom is -0.350 e. The molecular weight excluding hydrogens is 324 g/mol. The Balaban J connectivity index is 2.44. The fourth-order valence-corrected chi connectivity index (χ4v) is 3.49. The van der Waals surface area contributed by atoms with E-state index in [4.69, 9.17) is 0 Å². The summed E-state index contributed by atoms with van der Waals surface area (Å²) in [4.78, 5) is 12.5. The summed E-state index contributed by atoms with van der Waals surface area (Å²) in [6.45, 7) is 5.60. The van der Waals surface area contributed by atoms with Crippen LogP contribution in [0.5, 0.6) is 0 Å². The van der Waals surface area contributed by atoms with Gasteiger partial charge in [0.05, 0.1) is 16.1 Å². The zero-order chi connectivity index (χ0) is 17.9. The fraction of sp³-hybridized carbons (Fsp3) is 0.278. The number of nitrogens with zero attached hydrogens (tertiary/aromatic N) is 1. The number of carbonyl (C=O) groups excluding carboxylic acids is 1. The third-order valence-corrected chi connectivity index (χ3v) is 5.37. The van der Waals surface area contributed by atoms with E-state index in [0.717, 1.165) is 9.87 Å². The summed E-state index contributed by atoms with van der Waals surface area (Å²) < 4.78 is 26.8. The summed E-state index contributed by atoms with van der Waals surface area (Å²) in [5.74, 6) is -0.299. The molecule has 1 N–H and O–H groups in total. The van der Waals surface area contributed by atoms with Crippen molar-refractivity contribution in [1.82, 2.24) is 5.32 Å². The van der Waals surface area contributed by atoms with Crippen LogP contribution in [0.3, 0.4) is 0 Å². The van der Waals surface area contributed by atoms with Crippen LogP contribution in [0.4, 0.5) is 5.69 Å². The van der Waals surface area contributed by atoms with E-state index in [1.165, 1.54) is 7.05 Å². The third kappa shape index (κ3) is 3.76. The van der Waals surface area contributed by atoms with Crippen LogP contribution < -0.4 is 9.62 Å². The largest absolute Gasteiger partial charge is 0.350 e. The van der Waals surface area contributed by atoms with Crippen molar-refractivity contribution in [2.75, 3.05) is 11.4 Å². The number of carbonyl (C=O) groups is 1. The first-order chi connectivity index (χ1) is 11.2. The minimum absolute atomic E-state index is 0.0374. The van der Waals surface area contributed by atoms with E-state index in [1.54, 1.807) is 48.5 Å². The Morgan fingerprint density at radius 1 is 1.04 bits per heavy atom. The lowest BCUT2D eigenvalue weighted by molar-refractivity contribution is 0.0944. The summed E-state index contributed by atoms with van der Waals surface area (Å²) in [5.41, 5.74) is 1.65. The van der Waals surface area contributed by atoms with E-state index in [9.17, 15) is 13.2 Å². The predicted octanol–water partition coefficient (Wildman–Crippen LogP) is 2.96. The predicted molar refractivity (Wildman–Crippen MR) is 95.8 cm³/mol. The summed E-state index contributed by atoms with van der Waals surface area (Å²) in [7, 11) is -2.28. The molecule has 128 valence electrons. The maximum absolute atomic E-state index is 12.8. The average Bonchev–Trinajstić information content (AvgIpc) is 2.54. The van der Waals surface area contributed by atoms with Crippen LogP contribution in [0.2, 0.25) is 0 Å². The second-order valence-corrected chi connectivity index (χ2v) is 7.90. The number of hydrogen-bond donors (Lipinski definition) is 1. The van der Waals surface area contributed by atoms with Crippen LogP contribution in [-0.2, 0) is 10.0 Å². The monoisotopic (exact) mass is 346 g/mol. The van der Waals surface area contributed by atoms with Crippen LogP contribution in [0, 0.1) is 6.92 Å². The first-order valence-corrected chi connectivity index (χ1v) is 9.13. The van der Waals surface area contributed by atoms with Gasteiger partial charge in [-0.05, 0) is 45.0 Å². The zero-order valence-electron chi connectivity index (χ0n) is 14.3. The zero-order valence-corrected chi connectivity index (χ0v) is 15.1. The van der Waals surface area contributed by atoms with Crippen molar-refractivity contribution in [1.29, 1.82) is 0 Å². The number of benzene rings is 2. The number of para-hydroxylation sites is 1. The Labute approximate surface area is 143 Å². The van der Waals surface area contributed by atoms with Crippen molar-refractivity contribution in [3.63, 3.8) is 0 Å². The summed E-state index contributed by atoms with van der Waals surface area (Å²) in [6, 6.07) is 13.3. The molecule has 0 bridgehead atoms. The van der Waals surface area contributed by atoms with Gasteiger partial charge in [0.1, 0.15) is 0 Å². The van der Waals surface area contributed by atoms with E-state index < -0.39 is 10.0 Å². The molecule has 0 fully saturated rings. The van der Waals surface area contributed by atoms with E-state index in [0.29, 0.717) is 11.3 Å². The fourth-order valence-electron chi connectivity index (χ4n) is 2.28. The summed E-state index contributed by atoms with van der Waals surface area (Å²) in [6.07, 6.45) is 0. The molecule has 0 heterocycles. The molecule has 0 aliphatic heterocycles. The Kier molecular flexibility index (Phi) is 5.29. The molecule has 24 heavy (non-hydrogen) atoms. The highest BCUT2D eigenvalue weighted by Crippen LogP contribution is 2.25. The molecule has 0 radical (unpaired) electrons. The SMILES string of the molecule is Cc1ccc(S(=O)(=O)N(C)c2ccccc2C(=O)NC(C)C)cc1. The molecule has 0 saturated heterocycles. The van der Waals surface area contributed by atoms with Crippen molar-refractivity contribution in [2.45, 2.75) is 31.7 Å². The van der Waals surface area contributed by atoms with Crippen molar-refractivity contribution in [3.05, 3.63) is 59.7 Å². The molecule has 2 rings (SSSR count). The van der Waals surface area contributed by atoms with Gasteiger partial charge in [-0.25, -0.2) is 8.42 Å². The smallest absolute Gasteiger partial charge is 0.264 e. The molecular formula is C18H22N2O3S. The highest BCUT2D eigenvalue weighted by Gasteiger charge is 2.25. The quantitative estimate of drug-likeness (QED) is 0.905. The van der Waals surface area contributed by atoms with Crippen LogP contribution in [0.1, 0.15) is 29.8 Å². The van der Waals surface area contributed by atoms with E-state index >= 15 is 0 Å².